The van der Waals surface area contributed by atoms with Crippen LogP contribution in [0.1, 0.15) is 36.5 Å². The van der Waals surface area contributed by atoms with Gasteiger partial charge in [-0.05, 0) is 25.8 Å². The molecule has 1 aliphatic rings. The fourth-order valence-electron chi connectivity index (χ4n) is 2.10. The number of nitrogens with zero attached hydrogens (tertiary/aromatic N) is 4. The lowest BCUT2D eigenvalue weighted by Crippen LogP contribution is -2.15. The molecule has 100 valence electrons. The highest BCUT2D eigenvalue weighted by molar-refractivity contribution is 7.15. The highest BCUT2D eigenvalue weighted by Crippen LogP contribution is 2.23. The van der Waals surface area contributed by atoms with Crippen LogP contribution < -0.4 is 10.6 Å². The zero-order chi connectivity index (χ0) is 13.1. The zero-order valence-electron chi connectivity index (χ0n) is 10.8. The predicted octanol–water partition coefficient (Wildman–Crippen LogP) is 2.06. The van der Waals surface area contributed by atoms with Crippen LogP contribution in [0.5, 0.6) is 0 Å². The van der Waals surface area contributed by atoms with Crippen molar-refractivity contribution in [1.29, 1.82) is 0 Å². The van der Waals surface area contributed by atoms with E-state index in [1.54, 1.807) is 17.5 Å². The van der Waals surface area contributed by atoms with E-state index in [9.17, 15) is 0 Å². The summed E-state index contributed by atoms with van der Waals surface area (Å²) >= 11 is 1.55. The second kappa shape index (κ2) is 5.58. The van der Waals surface area contributed by atoms with Gasteiger partial charge in [-0.25, -0.2) is 4.98 Å². The minimum atomic E-state index is 0.329. The molecule has 2 aromatic rings. The summed E-state index contributed by atoms with van der Waals surface area (Å²) in [6.45, 7) is 3.12. The summed E-state index contributed by atoms with van der Waals surface area (Å²) in [6.07, 6.45) is 6.76. The van der Waals surface area contributed by atoms with E-state index in [2.05, 4.69) is 37.7 Å². The maximum atomic E-state index is 4.59. The summed E-state index contributed by atoms with van der Waals surface area (Å²) in [4.78, 5) is 8.83. The number of rotatable bonds is 4. The van der Waals surface area contributed by atoms with Gasteiger partial charge in [0.25, 0.3) is 0 Å². The summed E-state index contributed by atoms with van der Waals surface area (Å²) in [7, 11) is 0. The van der Waals surface area contributed by atoms with Crippen LogP contribution in [-0.2, 0) is 6.42 Å². The molecule has 0 spiro atoms. The first-order chi connectivity index (χ1) is 9.35. The van der Waals surface area contributed by atoms with E-state index >= 15 is 0 Å². The molecular weight excluding hydrogens is 260 g/mol. The SMILES string of the molecule is CCc1nnc(Nc2cncc(C3CCCN3)n2)s1. The summed E-state index contributed by atoms with van der Waals surface area (Å²) < 4.78 is 0. The highest BCUT2D eigenvalue weighted by Gasteiger charge is 2.18. The highest BCUT2D eigenvalue weighted by atomic mass is 32.1. The molecule has 0 amide bonds. The van der Waals surface area contributed by atoms with E-state index in [1.165, 1.54) is 6.42 Å². The Hall–Kier alpha value is -1.60. The molecule has 1 saturated heterocycles. The van der Waals surface area contributed by atoms with Gasteiger partial charge in [-0.2, -0.15) is 0 Å². The maximum Gasteiger partial charge on any atom is 0.211 e. The molecule has 0 aliphatic carbocycles. The Balaban J connectivity index is 1.75. The van der Waals surface area contributed by atoms with Gasteiger partial charge in [0.15, 0.2) is 5.82 Å². The van der Waals surface area contributed by atoms with Gasteiger partial charge in [-0.15, -0.1) is 10.2 Å². The van der Waals surface area contributed by atoms with Crippen LogP contribution in [0.3, 0.4) is 0 Å². The lowest BCUT2D eigenvalue weighted by Gasteiger charge is -2.10. The molecule has 0 radical (unpaired) electrons. The summed E-state index contributed by atoms with van der Waals surface area (Å²) in [5.74, 6) is 0.727. The molecule has 2 aromatic heterocycles. The topological polar surface area (TPSA) is 75.6 Å². The lowest BCUT2D eigenvalue weighted by molar-refractivity contribution is 0.625. The monoisotopic (exact) mass is 276 g/mol. The van der Waals surface area contributed by atoms with Crippen LogP contribution >= 0.6 is 11.3 Å². The van der Waals surface area contributed by atoms with Crippen molar-refractivity contribution in [3.8, 4) is 0 Å². The largest absolute Gasteiger partial charge is 0.313 e. The second-order valence-electron chi connectivity index (χ2n) is 4.46. The number of hydrogen-bond acceptors (Lipinski definition) is 7. The quantitative estimate of drug-likeness (QED) is 0.890. The Morgan fingerprint density at radius 2 is 2.37 bits per heavy atom. The van der Waals surface area contributed by atoms with Crippen LogP contribution in [0.15, 0.2) is 12.4 Å². The predicted molar refractivity (Wildman–Crippen MR) is 74.6 cm³/mol. The van der Waals surface area contributed by atoms with Crippen molar-refractivity contribution in [3.63, 3.8) is 0 Å². The Kier molecular flexibility index (Phi) is 3.65. The van der Waals surface area contributed by atoms with E-state index < -0.39 is 0 Å². The molecule has 0 saturated carbocycles. The molecule has 1 unspecified atom stereocenters. The Bertz CT molecular complexity index is 549. The van der Waals surface area contributed by atoms with Gasteiger partial charge in [0.05, 0.1) is 24.1 Å². The van der Waals surface area contributed by atoms with Gasteiger partial charge in [0.2, 0.25) is 5.13 Å². The molecule has 1 aliphatic heterocycles. The van der Waals surface area contributed by atoms with E-state index in [0.29, 0.717) is 6.04 Å². The third kappa shape index (κ3) is 2.87. The minimum absolute atomic E-state index is 0.329. The van der Waals surface area contributed by atoms with Crippen molar-refractivity contribution >= 4 is 22.3 Å². The molecule has 3 heterocycles. The normalized spacial score (nSPS) is 18.7. The zero-order valence-corrected chi connectivity index (χ0v) is 11.6. The Morgan fingerprint density at radius 3 is 3.11 bits per heavy atom. The number of aromatic nitrogens is 4. The van der Waals surface area contributed by atoms with Crippen LogP contribution in [0.4, 0.5) is 10.9 Å². The number of anilines is 2. The molecule has 1 fully saturated rings. The number of aryl methyl sites for hydroxylation is 1. The van der Waals surface area contributed by atoms with E-state index in [1.807, 2.05) is 6.20 Å². The first-order valence-corrected chi connectivity index (χ1v) is 7.31. The molecule has 0 bridgehead atoms. The number of nitrogens with one attached hydrogen (secondary N) is 2. The third-order valence-electron chi connectivity index (χ3n) is 3.07. The van der Waals surface area contributed by atoms with Crippen molar-refractivity contribution in [2.45, 2.75) is 32.2 Å². The smallest absolute Gasteiger partial charge is 0.211 e. The van der Waals surface area contributed by atoms with Gasteiger partial charge in [-0.3, -0.25) is 4.98 Å². The molecule has 7 heteroatoms. The molecule has 19 heavy (non-hydrogen) atoms. The summed E-state index contributed by atoms with van der Waals surface area (Å²) in [5.41, 5.74) is 0.989. The van der Waals surface area contributed by atoms with Crippen molar-refractivity contribution in [1.82, 2.24) is 25.5 Å². The van der Waals surface area contributed by atoms with Gasteiger partial charge in [0, 0.05) is 0 Å². The average Bonchev–Trinajstić information content (AvgIpc) is 3.10. The molecular formula is C12H16N6S. The summed E-state index contributed by atoms with van der Waals surface area (Å²) in [5, 5.41) is 16.5. The van der Waals surface area contributed by atoms with E-state index in [-0.39, 0.29) is 0 Å². The van der Waals surface area contributed by atoms with Crippen LogP contribution in [0.25, 0.3) is 0 Å². The van der Waals surface area contributed by atoms with Crippen LogP contribution in [0.2, 0.25) is 0 Å². The Labute approximate surface area is 115 Å². The van der Waals surface area contributed by atoms with Gasteiger partial charge in [0.1, 0.15) is 5.01 Å². The van der Waals surface area contributed by atoms with E-state index in [4.69, 9.17) is 0 Å². The van der Waals surface area contributed by atoms with Crippen LogP contribution in [0, 0.1) is 0 Å². The molecule has 6 nitrogen and oxygen atoms in total. The molecule has 0 aromatic carbocycles. The molecule has 3 rings (SSSR count). The standard InChI is InChI=1S/C12H16N6S/c1-2-11-17-18-12(19-11)16-10-7-13-6-9(15-10)8-4-3-5-14-8/h6-8,14H,2-5H2,1H3,(H,15,16,18). The van der Waals surface area contributed by atoms with Gasteiger partial charge >= 0.3 is 0 Å². The number of hydrogen-bond donors (Lipinski definition) is 2. The Morgan fingerprint density at radius 1 is 1.42 bits per heavy atom. The van der Waals surface area contributed by atoms with Crippen molar-refractivity contribution < 1.29 is 0 Å². The van der Waals surface area contributed by atoms with Crippen molar-refractivity contribution in [3.05, 3.63) is 23.1 Å². The average molecular weight is 276 g/mol. The van der Waals surface area contributed by atoms with Gasteiger partial charge < -0.3 is 10.6 Å². The maximum absolute atomic E-state index is 4.59. The van der Waals surface area contributed by atoms with Crippen LogP contribution in [-0.4, -0.2) is 26.7 Å². The lowest BCUT2D eigenvalue weighted by atomic mass is 10.2. The van der Waals surface area contributed by atoms with E-state index in [0.717, 1.165) is 41.0 Å². The minimum Gasteiger partial charge on any atom is -0.313 e. The van der Waals surface area contributed by atoms with Gasteiger partial charge in [-0.1, -0.05) is 18.3 Å². The fourth-order valence-corrected chi connectivity index (χ4v) is 2.79. The molecule has 2 N–H and O–H groups in total. The first kappa shape index (κ1) is 12.4. The summed E-state index contributed by atoms with van der Waals surface area (Å²) in [6, 6.07) is 0.329. The second-order valence-corrected chi connectivity index (χ2v) is 5.52. The third-order valence-corrected chi connectivity index (χ3v) is 4.06. The molecule has 1 atom stereocenters. The van der Waals surface area contributed by atoms with Crippen molar-refractivity contribution in [2.75, 3.05) is 11.9 Å². The van der Waals surface area contributed by atoms with Crippen molar-refractivity contribution in [2.24, 2.45) is 0 Å². The first-order valence-electron chi connectivity index (χ1n) is 6.50. The fraction of sp³-hybridized carbons (Fsp3) is 0.500.